The molecule has 0 amide bonds. The Hall–Kier alpha value is -1.51. The molecule has 0 spiro atoms. The second kappa shape index (κ2) is 4.82. The smallest absolute Gasteiger partial charge is 0.310 e. The average Bonchev–Trinajstić information content (AvgIpc) is 2.20. The Morgan fingerprint density at radius 3 is 2.53 bits per heavy atom. The quantitative estimate of drug-likeness (QED) is 0.563. The van der Waals surface area contributed by atoms with Gasteiger partial charge in [-0.05, 0) is 30.7 Å². The molecular weight excluding hydrogens is 190 g/mol. The van der Waals surface area contributed by atoms with E-state index in [2.05, 4.69) is 0 Å². The molecule has 3 heteroatoms. The highest BCUT2D eigenvalue weighted by molar-refractivity contribution is 5.72. The van der Waals surface area contributed by atoms with Crippen LogP contribution in [0.1, 0.15) is 18.9 Å². The minimum Gasteiger partial charge on any atom is -0.426 e. The summed E-state index contributed by atoms with van der Waals surface area (Å²) >= 11 is 0. The molecule has 1 aromatic rings. The summed E-state index contributed by atoms with van der Waals surface area (Å²) in [6, 6.07) is 5.77. The Kier molecular flexibility index (Phi) is 3.72. The highest BCUT2D eigenvalue weighted by Gasteiger charge is 2.06. The molecule has 0 radical (unpaired) electrons. The van der Waals surface area contributed by atoms with Crippen molar-refractivity contribution < 1.29 is 9.53 Å². The molecule has 3 nitrogen and oxygen atoms in total. The van der Waals surface area contributed by atoms with Gasteiger partial charge in [0.05, 0.1) is 0 Å². The number of aryl methyl sites for hydroxylation is 1. The van der Waals surface area contributed by atoms with Crippen molar-refractivity contribution in [2.75, 3.05) is 19.0 Å². The van der Waals surface area contributed by atoms with Crippen LogP contribution in [0.3, 0.4) is 0 Å². The molecule has 0 fully saturated rings. The third kappa shape index (κ3) is 2.98. The molecule has 0 atom stereocenters. The van der Waals surface area contributed by atoms with Gasteiger partial charge in [-0.1, -0.05) is 6.92 Å². The lowest BCUT2D eigenvalue weighted by Gasteiger charge is -2.14. The highest BCUT2D eigenvalue weighted by Crippen LogP contribution is 2.23. The van der Waals surface area contributed by atoms with Crippen molar-refractivity contribution in [1.29, 1.82) is 0 Å². The lowest BCUT2D eigenvalue weighted by atomic mass is 10.2. The number of carbonyl (C=O) groups is 1. The van der Waals surface area contributed by atoms with Crippen molar-refractivity contribution in [1.82, 2.24) is 0 Å². The van der Waals surface area contributed by atoms with Gasteiger partial charge in [0.15, 0.2) is 0 Å². The van der Waals surface area contributed by atoms with Gasteiger partial charge in [-0.3, -0.25) is 4.79 Å². The highest BCUT2D eigenvalue weighted by atomic mass is 16.5. The predicted octanol–water partition coefficient (Wildman–Crippen LogP) is 2.38. The summed E-state index contributed by atoms with van der Waals surface area (Å²) in [6.07, 6.45) is 0.398. The lowest BCUT2D eigenvalue weighted by molar-refractivity contribution is -0.134. The molecule has 0 aromatic heterocycles. The molecular formula is C12H17NO2. The largest absolute Gasteiger partial charge is 0.426 e. The van der Waals surface area contributed by atoms with E-state index in [0.29, 0.717) is 12.2 Å². The van der Waals surface area contributed by atoms with Crippen LogP contribution in [-0.2, 0) is 4.79 Å². The standard InChI is InChI=1S/C12H17NO2/c1-5-12(14)15-11-7-6-10(13(3)4)8-9(11)2/h6-8H,5H2,1-4H3. The molecule has 0 N–H and O–H groups in total. The molecule has 15 heavy (non-hydrogen) atoms. The minimum absolute atomic E-state index is 0.198. The number of carbonyl (C=O) groups excluding carboxylic acids is 1. The molecule has 0 aliphatic rings. The maximum Gasteiger partial charge on any atom is 0.310 e. The average molecular weight is 207 g/mol. The first-order chi connectivity index (χ1) is 7.04. The van der Waals surface area contributed by atoms with Gasteiger partial charge in [-0.25, -0.2) is 0 Å². The van der Waals surface area contributed by atoms with Crippen LogP contribution >= 0.6 is 0 Å². The van der Waals surface area contributed by atoms with Crippen LogP contribution in [0.25, 0.3) is 0 Å². The van der Waals surface area contributed by atoms with Gasteiger partial charge in [-0.2, -0.15) is 0 Å². The van der Waals surface area contributed by atoms with Crippen molar-refractivity contribution in [3.8, 4) is 5.75 Å². The first-order valence-corrected chi connectivity index (χ1v) is 5.03. The number of nitrogens with zero attached hydrogens (tertiary/aromatic N) is 1. The number of esters is 1. The second-order valence-corrected chi connectivity index (χ2v) is 3.67. The Balaban J connectivity index is 2.88. The van der Waals surface area contributed by atoms with E-state index in [1.54, 1.807) is 6.92 Å². The van der Waals surface area contributed by atoms with Gasteiger partial charge in [0.2, 0.25) is 0 Å². The SMILES string of the molecule is CCC(=O)Oc1ccc(N(C)C)cc1C. The summed E-state index contributed by atoms with van der Waals surface area (Å²) in [5.41, 5.74) is 2.08. The molecule has 1 aromatic carbocycles. The molecule has 0 saturated carbocycles. The topological polar surface area (TPSA) is 29.5 Å². The van der Waals surface area contributed by atoms with E-state index in [4.69, 9.17) is 4.74 Å². The van der Waals surface area contributed by atoms with Gasteiger partial charge in [0.25, 0.3) is 0 Å². The Morgan fingerprint density at radius 2 is 2.07 bits per heavy atom. The van der Waals surface area contributed by atoms with Gasteiger partial charge >= 0.3 is 5.97 Å². The minimum atomic E-state index is -0.198. The number of rotatable bonds is 3. The zero-order valence-electron chi connectivity index (χ0n) is 9.70. The third-order valence-electron chi connectivity index (χ3n) is 2.19. The molecule has 0 heterocycles. The van der Waals surface area contributed by atoms with E-state index >= 15 is 0 Å². The summed E-state index contributed by atoms with van der Waals surface area (Å²) in [7, 11) is 3.96. The molecule has 0 aliphatic heterocycles. The summed E-state index contributed by atoms with van der Waals surface area (Å²) in [5, 5.41) is 0. The lowest BCUT2D eigenvalue weighted by Crippen LogP contribution is -2.10. The maximum atomic E-state index is 11.1. The molecule has 0 unspecified atom stereocenters. The van der Waals surface area contributed by atoms with Crippen molar-refractivity contribution in [2.24, 2.45) is 0 Å². The number of benzene rings is 1. The molecule has 0 bridgehead atoms. The van der Waals surface area contributed by atoms with E-state index in [1.807, 2.05) is 44.1 Å². The molecule has 82 valence electrons. The van der Waals surface area contributed by atoms with Crippen LogP contribution in [0.15, 0.2) is 18.2 Å². The fourth-order valence-corrected chi connectivity index (χ4v) is 1.22. The van der Waals surface area contributed by atoms with Crippen molar-refractivity contribution in [3.63, 3.8) is 0 Å². The Morgan fingerprint density at radius 1 is 1.40 bits per heavy atom. The second-order valence-electron chi connectivity index (χ2n) is 3.67. The van der Waals surface area contributed by atoms with Crippen LogP contribution in [-0.4, -0.2) is 20.1 Å². The first kappa shape index (κ1) is 11.6. The summed E-state index contributed by atoms with van der Waals surface area (Å²) in [4.78, 5) is 13.1. The van der Waals surface area contributed by atoms with E-state index in [9.17, 15) is 4.79 Å². The van der Waals surface area contributed by atoms with Gasteiger partial charge in [-0.15, -0.1) is 0 Å². The van der Waals surface area contributed by atoms with E-state index in [0.717, 1.165) is 11.3 Å². The van der Waals surface area contributed by atoms with Crippen LogP contribution in [0.5, 0.6) is 5.75 Å². The monoisotopic (exact) mass is 207 g/mol. The fraction of sp³-hybridized carbons (Fsp3) is 0.417. The number of ether oxygens (including phenoxy) is 1. The van der Waals surface area contributed by atoms with Crippen LogP contribution in [0, 0.1) is 6.92 Å². The van der Waals surface area contributed by atoms with Crippen molar-refractivity contribution in [3.05, 3.63) is 23.8 Å². The van der Waals surface area contributed by atoms with Crippen LogP contribution in [0.2, 0.25) is 0 Å². The summed E-state index contributed by atoms with van der Waals surface area (Å²) < 4.78 is 5.17. The van der Waals surface area contributed by atoms with Gasteiger partial charge in [0, 0.05) is 26.2 Å². The zero-order valence-corrected chi connectivity index (χ0v) is 9.70. The summed E-state index contributed by atoms with van der Waals surface area (Å²) in [5.74, 6) is 0.447. The zero-order chi connectivity index (χ0) is 11.4. The van der Waals surface area contributed by atoms with Crippen LogP contribution in [0.4, 0.5) is 5.69 Å². The van der Waals surface area contributed by atoms with Crippen LogP contribution < -0.4 is 9.64 Å². The fourth-order valence-electron chi connectivity index (χ4n) is 1.22. The number of hydrogen-bond acceptors (Lipinski definition) is 3. The van der Waals surface area contributed by atoms with Crippen molar-refractivity contribution >= 4 is 11.7 Å². The normalized spacial score (nSPS) is 9.87. The number of anilines is 1. The maximum absolute atomic E-state index is 11.1. The van der Waals surface area contributed by atoms with Gasteiger partial charge < -0.3 is 9.64 Å². The van der Waals surface area contributed by atoms with Gasteiger partial charge in [0.1, 0.15) is 5.75 Å². The van der Waals surface area contributed by atoms with E-state index < -0.39 is 0 Å². The third-order valence-corrected chi connectivity index (χ3v) is 2.19. The molecule has 1 rings (SSSR count). The first-order valence-electron chi connectivity index (χ1n) is 5.03. The molecule has 0 saturated heterocycles. The molecule has 0 aliphatic carbocycles. The van der Waals surface area contributed by atoms with E-state index in [1.165, 1.54) is 0 Å². The Labute approximate surface area is 90.7 Å². The number of hydrogen-bond donors (Lipinski definition) is 0. The van der Waals surface area contributed by atoms with Crippen molar-refractivity contribution in [2.45, 2.75) is 20.3 Å². The summed E-state index contributed by atoms with van der Waals surface area (Å²) in [6.45, 7) is 3.72. The predicted molar refractivity (Wildman–Crippen MR) is 61.4 cm³/mol. The Bertz CT molecular complexity index is 359. The van der Waals surface area contributed by atoms with E-state index in [-0.39, 0.29) is 5.97 Å².